The molecule has 0 aliphatic carbocycles. The smallest absolute Gasteiger partial charge is 0.323 e. The average Bonchev–Trinajstić information content (AvgIpc) is 2.26. The van der Waals surface area contributed by atoms with Crippen molar-refractivity contribution in [2.24, 2.45) is 5.73 Å². The largest absolute Gasteiger partial charge is 0.480 e. The van der Waals surface area contributed by atoms with Crippen molar-refractivity contribution in [3.63, 3.8) is 0 Å². The van der Waals surface area contributed by atoms with Crippen LogP contribution in [0.3, 0.4) is 0 Å². The van der Waals surface area contributed by atoms with Gasteiger partial charge in [0.25, 0.3) is 0 Å². The van der Waals surface area contributed by atoms with E-state index in [2.05, 4.69) is 11.2 Å². The first-order valence-corrected chi connectivity index (χ1v) is 5.43. The van der Waals surface area contributed by atoms with E-state index in [0.29, 0.717) is 19.4 Å². The van der Waals surface area contributed by atoms with E-state index in [1.165, 1.54) is 0 Å². The number of primary amides is 1. The number of carboxylic acid groups (broad SMARTS) is 1. The second-order valence-corrected chi connectivity index (χ2v) is 3.61. The number of carboxylic acids is 1. The summed E-state index contributed by atoms with van der Waals surface area (Å²) in [6.07, 6.45) is 7.14. The summed E-state index contributed by atoms with van der Waals surface area (Å²) in [4.78, 5) is 33.6. The highest BCUT2D eigenvalue weighted by Crippen LogP contribution is 1.94. The predicted molar refractivity (Wildman–Crippen MR) is 64.5 cm³/mol. The molecule has 0 aromatic heterocycles. The van der Waals surface area contributed by atoms with Crippen LogP contribution >= 0.6 is 0 Å². The van der Waals surface area contributed by atoms with Crippen LogP contribution in [0.5, 0.6) is 0 Å². The fraction of sp³-hybridized carbons (Fsp3) is 0.545. The summed E-state index contributed by atoms with van der Waals surface area (Å²) in [5, 5.41) is 11.1. The van der Waals surface area contributed by atoms with Crippen LogP contribution in [0.25, 0.3) is 0 Å². The highest BCUT2D eigenvalue weighted by atomic mass is 16.4. The van der Waals surface area contributed by atoms with Gasteiger partial charge < -0.3 is 21.1 Å². The standard InChI is InChI=1S/C11H17N3O4/c1-2-3-4-5-6-13-11(18)14(7-9(12)15)8-10(16)17/h1H,3-8H2,(H2,12,15)(H,13,18)(H,16,17). The predicted octanol–water partition coefficient (Wildman–Crippen LogP) is -0.629. The molecule has 0 saturated carbocycles. The maximum Gasteiger partial charge on any atom is 0.323 e. The molecule has 18 heavy (non-hydrogen) atoms. The van der Waals surface area contributed by atoms with Gasteiger partial charge in [-0.05, 0) is 12.8 Å². The molecule has 0 radical (unpaired) electrons. The van der Waals surface area contributed by atoms with E-state index in [1.54, 1.807) is 0 Å². The fourth-order valence-electron chi connectivity index (χ4n) is 1.21. The Morgan fingerprint density at radius 3 is 2.44 bits per heavy atom. The molecule has 0 aliphatic heterocycles. The molecule has 0 heterocycles. The molecule has 0 aromatic carbocycles. The molecule has 0 saturated heterocycles. The van der Waals surface area contributed by atoms with Crippen molar-refractivity contribution in [1.29, 1.82) is 0 Å². The Morgan fingerprint density at radius 1 is 1.28 bits per heavy atom. The summed E-state index contributed by atoms with van der Waals surface area (Å²) < 4.78 is 0. The molecule has 0 atom stereocenters. The van der Waals surface area contributed by atoms with Crippen molar-refractivity contribution in [3.05, 3.63) is 0 Å². The summed E-state index contributed by atoms with van der Waals surface area (Å²) in [6.45, 7) is -0.628. The summed E-state index contributed by atoms with van der Waals surface area (Å²) in [7, 11) is 0. The molecular weight excluding hydrogens is 238 g/mol. The Kier molecular flexibility index (Phi) is 7.77. The van der Waals surface area contributed by atoms with E-state index >= 15 is 0 Å². The fourth-order valence-corrected chi connectivity index (χ4v) is 1.21. The number of carbonyl (C=O) groups is 3. The Hall–Kier alpha value is -2.23. The lowest BCUT2D eigenvalue weighted by atomic mass is 10.2. The minimum Gasteiger partial charge on any atom is -0.480 e. The van der Waals surface area contributed by atoms with Crippen LogP contribution in [-0.2, 0) is 9.59 Å². The van der Waals surface area contributed by atoms with Crippen LogP contribution in [0.4, 0.5) is 4.79 Å². The van der Waals surface area contributed by atoms with Crippen molar-refractivity contribution >= 4 is 17.9 Å². The Bertz CT molecular complexity index is 333. The van der Waals surface area contributed by atoms with Crippen molar-refractivity contribution in [2.45, 2.75) is 19.3 Å². The lowest BCUT2D eigenvalue weighted by Gasteiger charge is -2.19. The molecule has 0 aromatic rings. The van der Waals surface area contributed by atoms with E-state index in [-0.39, 0.29) is 0 Å². The number of hydrogen-bond acceptors (Lipinski definition) is 3. The summed E-state index contributed by atoms with van der Waals surface area (Å²) >= 11 is 0. The molecule has 0 rings (SSSR count). The first kappa shape index (κ1) is 15.8. The highest BCUT2D eigenvalue weighted by Gasteiger charge is 2.17. The van der Waals surface area contributed by atoms with Crippen LogP contribution in [-0.4, -0.2) is 47.5 Å². The van der Waals surface area contributed by atoms with Gasteiger partial charge in [0.15, 0.2) is 0 Å². The minimum atomic E-state index is -1.21. The number of unbranched alkanes of at least 4 members (excludes halogenated alkanes) is 2. The number of urea groups is 1. The third kappa shape index (κ3) is 7.98. The zero-order chi connectivity index (χ0) is 14.0. The van der Waals surface area contributed by atoms with Gasteiger partial charge in [0.05, 0.1) is 0 Å². The SMILES string of the molecule is C#CCCCCNC(=O)N(CC(N)=O)CC(=O)O. The number of rotatable bonds is 8. The quantitative estimate of drug-likeness (QED) is 0.396. The van der Waals surface area contributed by atoms with E-state index in [1.807, 2.05) is 0 Å². The maximum absolute atomic E-state index is 11.6. The van der Waals surface area contributed by atoms with Crippen LogP contribution in [0, 0.1) is 12.3 Å². The summed E-state index contributed by atoms with van der Waals surface area (Å²) in [6, 6.07) is -0.628. The number of terminal acetylenes is 1. The normalized spacial score (nSPS) is 9.28. The van der Waals surface area contributed by atoms with E-state index in [4.69, 9.17) is 17.3 Å². The van der Waals surface area contributed by atoms with Crippen LogP contribution in [0.2, 0.25) is 0 Å². The number of aliphatic carboxylic acids is 1. The summed E-state index contributed by atoms with van der Waals surface area (Å²) in [5.74, 6) is 0.494. The van der Waals surface area contributed by atoms with Gasteiger partial charge in [0.2, 0.25) is 5.91 Å². The highest BCUT2D eigenvalue weighted by molar-refractivity contribution is 5.85. The molecular formula is C11H17N3O4. The Balaban J connectivity index is 4.09. The average molecular weight is 255 g/mol. The topological polar surface area (TPSA) is 113 Å². The van der Waals surface area contributed by atoms with Gasteiger partial charge in [-0.2, -0.15) is 0 Å². The first-order valence-electron chi connectivity index (χ1n) is 5.43. The second kappa shape index (κ2) is 8.87. The maximum atomic E-state index is 11.6. The first-order chi connectivity index (χ1) is 8.47. The van der Waals surface area contributed by atoms with Crippen molar-refractivity contribution in [3.8, 4) is 12.3 Å². The van der Waals surface area contributed by atoms with E-state index in [0.717, 1.165) is 11.3 Å². The van der Waals surface area contributed by atoms with E-state index < -0.39 is 31.0 Å². The number of hydrogen-bond donors (Lipinski definition) is 3. The lowest BCUT2D eigenvalue weighted by molar-refractivity contribution is -0.137. The molecule has 0 aliphatic rings. The molecule has 0 spiro atoms. The third-order valence-corrected chi connectivity index (χ3v) is 1.98. The van der Waals surface area contributed by atoms with Gasteiger partial charge in [-0.25, -0.2) is 4.79 Å². The molecule has 7 heteroatoms. The number of nitrogens with two attached hydrogens (primary N) is 1. The summed E-state index contributed by atoms with van der Waals surface area (Å²) in [5.41, 5.74) is 4.93. The minimum absolute atomic E-state index is 0.370. The van der Waals surface area contributed by atoms with Gasteiger partial charge in [-0.1, -0.05) is 0 Å². The van der Waals surface area contributed by atoms with Gasteiger partial charge in [0.1, 0.15) is 13.1 Å². The zero-order valence-corrected chi connectivity index (χ0v) is 10.0. The van der Waals surface area contributed by atoms with Crippen LogP contribution in [0.15, 0.2) is 0 Å². The zero-order valence-electron chi connectivity index (χ0n) is 10.0. The number of nitrogens with zero attached hydrogens (tertiary/aromatic N) is 1. The Morgan fingerprint density at radius 2 is 1.94 bits per heavy atom. The van der Waals surface area contributed by atoms with Crippen LogP contribution in [0.1, 0.15) is 19.3 Å². The molecule has 0 bridgehead atoms. The lowest BCUT2D eigenvalue weighted by Crippen LogP contribution is -2.46. The van der Waals surface area contributed by atoms with Gasteiger partial charge in [-0.15, -0.1) is 12.3 Å². The molecule has 7 nitrogen and oxygen atoms in total. The number of amides is 3. The third-order valence-electron chi connectivity index (χ3n) is 1.98. The second-order valence-electron chi connectivity index (χ2n) is 3.61. The van der Waals surface area contributed by atoms with Gasteiger partial charge >= 0.3 is 12.0 Å². The molecule has 0 unspecified atom stereocenters. The van der Waals surface area contributed by atoms with E-state index in [9.17, 15) is 14.4 Å². The van der Waals surface area contributed by atoms with Crippen molar-refractivity contribution in [1.82, 2.24) is 10.2 Å². The number of carbonyl (C=O) groups excluding carboxylic acids is 2. The molecule has 0 fully saturated rings. The van der Waals surface area contributed by atoms with Crippen molar-refractivity contribution < 1.29 is 19.5 Å². The van der Waals surface area contributed by atoms with Crippen LogP contribution < -0.4 is 11.1 Å². The van der Waals surface area contributed by atoms with Gasteiger partial charge in [-0.3, -0.25) is 9.59 Å². The Labute approximate surface area is 105 Å². The molecule has 100 valence electrons. The molecule has 4 N–H and O–H groups in total. The molecule has 3 amide bonds. The monoisotopic (exact) mass is 255 g/mol. The van der Waals surface area contributed by atoms with Gasteiger partial charge in [0, 0.05) is 13.0 Å². The number of nitrogens with one attached hydrogen (secondary N) is 1. The van der Waals surface area contributed by atoms with Crippen molar-refractivity contribution in [2.75, 3.05) is 19.6 Å².